The fourth-order valence-corrected chi connectivity index (χ4v) is 1.41. The van der Waals surface area contributed by atoms with E-state index in [0.29, 0.717) is 5.75 Å². The van der Waals surface area contributed by atoms with Crippen molar-refractivity contribution in [2.75, 3.05) is 20.1 Å². The second kappa shape index (κ2) is 5.62. The van der Waals surface area contributed by atoms with Crippen molar-refractivity contribution >= 4 is 0 Å². The number of hydrogen-bond acceptors (Lipinski definition) is 3. The number of phenols is 1. The number of phenolic OH excluding ortho intramolecular Hbond substituents is 1. The van der Waals surface area contributed by atoms with E-state index in [1.807, 2.05) is 12.1 Å². The average Bonchev–Trinajstić information content (AvgIpc) is 2.15. The predicted octanol–water partition coefficient (Wildman–Crippen LogP) is 1.17. The molecule has 0 aliphatic heterocycles. The topological polar surface area (TPSA) is 49.5 Å². The fraction of sp³-hybridized carbons (Fsp3) is 0.455. The van der Waals surface area contributed by atoms with E-state index in [-0.39, 0.29) is 0 Å². The highest BCUT2D eigenvalue weighted by atomic mass is 16.3. The first-order valence-corrected chi connectivity index (χ1v) is 4.89. The summed E-state index contributed by atoms with van der Waals surface area (Å²) in [4.78, 5) is 2.20. The molecule has 3 nitrogen and oxygen atoms in total. The second-order valence-corrected chi connectivity index (χ2v) is 3.55. The minimum absolute atomic E-state index is 0.328. The van der Waals surface area contributed by atoms with Crippen LogP contribution in [-0.4, -0.2) is 30.1 Å². The molecule has 1 aromatic carbocycles. The maximum atomic E-state index is 9.26. The average molecular weight is 194 g/mol. The van der Waals surface area contributed by atoms with Gasteiger partial charge in [0.1, 0.15) is 5.75 Å². The molecule has 14 heavy (non-hydrogen) atoms. The molecule has 0 saturated heterocycles. The zero-order valence-electron chi connectivity index (χ0n) is 8.61. The van der Waals surface area contributed by atoms with Crippen molar-refractivity contribution in [2.45, 2.75) is 13.0 Å². The Morgan fingerprint density at radius 3 is 2.86 bits per heavy atom. The third-order valence-corrected chi connectivity index (χ3v) is 2.11. The lowest BCUT2D eigenvalue weighted by Crippen LogP contribution is -2.21. The summed E-state index contributed by atoms with van der Waals surface area (Å²) in [7, 11) is 2.06. The molecule has 3 N–H and O–H groups in total. The Kier molecular flexibility index (Phi) is 4.43. The molecule has 0 fully saturated rings. The Morgan fingerprint density at radius 1 is 1.43 bits per heavy atom. The second-order valence-electron chi connectivity index (χ2n) is 3.55. The molecule has 0 bridgehead atoms. The summed E-state index contributed by atoms with van der Waals surface area (Å²) in [5.74, 6) is 0.328. The monoisotopic (exact) mass is 194 g/mol. The van der Waals surface area contributed by atoms with E-state index in [9.17, 15) is 5.11 Å². The Labute approximate surface area is 85.2 Å². The first kappa shape index (κ1) is 11.0. The van der Waals surface area contributed by atoms with E-state index < -0.39 is 0 Å². The Hall–Kier alpha value is -1.06. The van der Waals surface area contributed by atoms with Crippen molar-refractivity contribution in [3.05, 3.63) is 29.8 Å². The van der Waals surface area contributed by atoms with Crippen LogP contribution in [0.3, 0.4) is 0 Å². The molecule has 1 aromatic rings. The highest BCUT2D eigenvalue weighted by Crippen LogP contribution is 2.12. The summed E-state index contributed by atoms with van der Waals surface area (Å²) in [5.41, 5.74) is 6.56. The molecule has 0 aliphatic rings. The highest BCUT2D eigenvalue weighted by molar-refractivity contribution is 5.26. The lowest BCUT2D eigenvalue weighted by atomic mass is 10.2. The van der Waals surface area contributed by atoms with Crippen molar-refractivity contribution in [1.29, 1.82) is 0 Å². The van der Waals surface area contributed by atoms with Gasteiger partial charge >= 0.3 is 0 Å². The largest absolute Gasteiger partial charge is 0.508 e. The van der Waals surface area contributed by atoms with E-state index in [1.54, 1.807) is 12.1 Å². The molecular weight excluding hydrogens is 176 g/mol. The van der Waals surface area contributed by atoms with Crippen LogP contribution in [0.15, 0.2) is 24.3 Å². The number of hydrogen-bond donors (Lipinski definition) is 2. The first-order valence-electron chi connectivity index (χ1n) is 4.89. The van der Waals surface area contributed by atoms with E-state index in [0.717, 1.165) is 31.6 Å². The van der Waals surface area contributed by atoms with Crippen LogP contribution < -0.4 is 5.73 Å². The van der Waals surface area contributed by atoms with Crippen molar-refractivity contribution in [1.82, 2.24) is 4.90 Å². The van der Waals surface area contributed by atoms with Crippen LogP contribution in [0.4, 0.5) is 0 Å². The molecule has 0 saturated carbocycles. The van der Waals surface area contributed by atoms with Crippen molar-refractivity contribution in [3.63, 3.8) is 0 Å². The number of benzene rings is 1. The smallest absolute Gasteiger partial charge is 0.115 e. The molecule has 0 radical (unpaired) electrons. The normalized spacial score (nSPS) is 10.8. The molecule has 0 spiro atoms. The van der Waals surface area contributed by atoms with Crippen molar-refractivity contribution in [2.24, 2.45) is 5.73 Å². The molecule has 0 amide bonds. The predicted molar refractivity (Wildman–Crippen MR) is 58.1 cm³/mol. The van der Waals surface area contributed by atoms with Gasteiger partial charge in [-0.1, -0.05) is 12.1 Å². The van der Waals surface area contributed by atoms with Crippen LogP contribution in [-0.2, 0) is 6.54 Å². The third-order valence-electron chi connectivity index (χ3n) is 2.11. The SMILES string of the molecule is CN(CCCN)Cc1cccc(O)c1. The van der Waals surface area contributed by atoms with Crippen molar-refractivity contribution in [3.8, 4) is 5.75 Å². The number of nitrogens with two attached hydrogens (primary N) is 1. The molecule has 0 atom stereocenters. The summed E-state index contributed by atoms with van der Waals surface area (Å²) in [5, 5.41) is 9.26. The number of rotatable bonds is 5. The van der Waals surface area contributed by atoms with Crippen LogP contribution in [0, 0.1) is 0 Å². The molecule has 78 valence electrons. The van der Waals surface area contributed by atoms with Gasteiger partial charge in [0.2, 0.25) is 0 Å². The first-order chi connectivity index (χ1) is 6.72. The Balaban J connectivity index is 2.43. The summed E-state index contributed by atoms with van der Waals surface area (Å²) < 4.78 is 0. The van der Waals surface area contributed by atoms with Gasteiger partial charge in [0.15, 0.2) is 0 Å². The Bertz CT molecular complexity index is 276. The fourth-order valence-electron chi connectivity index (χ4n) is 1.41. The van der Waals surface area contributed by atoms with Crippen molar-refractivity contribution < 1.29 is 5.11 Å². The van der Waals surface area contributed by atoms with Gasteiger partial charge < -0.3 is 15.7 Å². The van der Waals surface area contributed by atoms with Crippen LogP contribution in [0.5, 0.6) is 5.75 Å². The molecule has 0 unspecified atom stereocenters. The van der Waals surface area contributed by atoms with Gasteiger partial charge in [-0.05, 0) is 44.3 Å². The van der Waals surface area contributed by atoms with Crippen LogP contribution >= 0.6 is 0 Å². The molecule has 1 rings (SSSR count). The zero-order valence-corrected chi connectivity index (χ0v) is 8.61. The van der Waals surface area contributed by atoms with Gasteiger partial charge in [0.25, 0.3) is 0 Å². The number of nitrogens with zero attached hydrogens (tertiary/aromatic N) is 1. The number of aromatic hydroxyl groups is 1. The Morgan fingerprint density at radius 2 is 2.21 bits per heavy atom. The summed E-state index contributed by atoms with van der Waals surface area (Å²) in [6.45, 7) is 2.57. The summed E-state index contributed by atoms with van der Waals surface area (Å²) in [6, 6.07) is 7.35. The quantitative estimate of drug-likeness (QED) is 0.740. The van der Waals surface area contributed by atoms with Crippen LogP contribution in [0.25, 0.3) is 0 Å². The van der Waals surface area contributed by atoms with Gasteiger partial charge in [-0.3, -0.25) is 0 Å². The van der Waals surface area contributed by atoms with Gasteiger partial charge in [0.05, 0.1) is 0 Å². The maximum absolute atomic E-state index is 9.26. The molecule has 0 heterocycles. The standard InChI is InChI=1S/C11H18N2O/c1-13(7-3-6-12)9-10-4-2-5-11(14)8-10/h2,4-5,8,14H,3,6-7,9,12H2,1H3. The minimum Gasteiger partial charge on any atom is -0.508 e. The van der Waals surface area contributed by atoms with Gasteiger partial charge in [-0.15, -0.1) is 0 Å². The maximum Gasteiger partial charge on any atom is 0.115 e. The van der Waals surface area contributed by atoms with Crippen LogP contribution in [0.2, 0.25) is 0 Å². The molecule has 3 heteroatoms. The molecular formula is C11H18N2O. The molecule has 0 aromatic heterocycles. The summed E-state index contributed by atoms with van der Waals surface area (Å²) in [6.07, 6.45) is 1.01. The van der Waals surface area contributed by atoms with E-state index in [2.05, 4.69) is 11.9 Å². The zero-order chi connectivity index (χ0) is 10.4. The lowest BCUT2D eigenvalue weighted by molar-refractivity contribution is 0.323. The van der Waals surface area contributed by atoms with Crippen LogP contribution in [0.1, 0.15) is 12.0 Å². The lowest BCUT2D eigenvalue weighted by Gasteiger charge is -2.15. The third kappa shape index (κ3) is 3.77. The van der Waals surface area contributed by atoms with E-state index in [1.165, 1.54) is 0 Å². The van der Waals surface area contributed by atoms with E-state index >= 15 is 0 Å². The summed E-state index contributed by atoms with van der Waals surface area (Å²) >= 11 is 0. The van der Waals surface area contributed by atoms with Gasteiger partial charge in [-0.2, -0.15) is 0 Å². The molecule has 0 aliphatic carbocycles. The van der Waals surface area contributed by atoms with Gasteiger partial charge in [-0.25, -0.2) is 0 Å². The van der Waals surface area contributed by atoms with E-state index in [4.69, 9.17) is 5.73 Å². The van der Waals surface area contributed by atoms with Gasteiger partial charge in [0, 0.05) is 6.54 Å². The minimum atomic E-state index is 0.328. The highest BCUT2D eigenvalue weighted by Gasteiger charge is 1.99.